The second-order valence-electron chi connectivity index (χ2n) is 2.11. The van der Waals surface area contributed by atoms with Crippen LogP contribution >= 0.6 is 11.8 Å². The first-order chi connectivity index (χ1) is 5.16. The molecule has 0 rings (SSSR count). The maximum atomic E-state index is 10.1. The average molecular weight is 176 g/mol. The van der Waals surface area contributed by atoms with Crippen LogP contribution in [0.4, 0.5) is 0 Å². The van der Waals surface area contributed by atoms with E-state index in [9.17, 15) is 4.79 Å². The zero-order valence-corrected chi connectivity index (χ0v) is 7.23. The van der Waals surface area contributed by atoms with Crippen LogP contribution in [-0.4, -0.2) is 34.3 Å². The summed E-state index contributed by atoms with van der Waals surface area (Å²) in [6.45, 7) is 1.91. The van der Waals surface area contributed by atoms with Gasteiger partial charge in [-0.05, 0) is 6.92 Å². The van der Waals surface area contributed by atoms with Gasteiger partial charge < -0.3 is 10.2 Å². The second-order valence-corrected chi connectivity index (χ2v) is 3.21. The Balaban J connectivity index is 3.51. The van der Waals surface area contributed by atoms with E-state index in [1.54, 1.807) is 6.92 Å². The molecular formula is C7H12O3S. The van der Waals surface area contributed by atoms with Crippen LogP contribution < -0.4 is 0 Å². The number of hydrogen-bond donors (Lipinski definition) is 2. The molecule has 0 bridgehead atoms. The van der Waals surface area contributed by atoms with Crippen LogP contribution in [0.1, 0.15) is 6.92 Å². The van der Waals surface area contributed by atoms with Crippen molar-refractivity contribution in [3.8, 4) is 0 Å². The van der Waals surface area contributed by atoms with Gasteiger partial charge in [-0.25, -0.2) is 4.79 Å². The molecule has 64 valence electrons. The highest BCUT2D eigenvalue weighted by Gasteiger charge is 1.93. The molecule has 4 heteroatoms. The van der Waals surface area contributed by atoms with E-state index in [1.807, 2.05) is 0 Å². The van der Waals surface area contributed by atoms with Crippen LogP contribution in [0.2, 0.25) is 0 Å². The predicted octanol–water partition coefficient (Wildman–Crippen LogP) is 0.743. The third-order valence-corrected chi connectivity index (χ3v) is 2.07. The van der Waals surface area contributed by atoms with Crippen molar-refractivity contribution in [1.29, 1.82) is 0 Å². The number of thioether (sulfide) groups is 1. The number of hydrogen-bond acceptors (Lipinski definition) is 3. The van der Waals surface area contributed by atoms with Crippen molar-refractivity contribution in [2.75, 3.05) is 18.1 Å². The molecule has 0 saturated heterocycles. The molecule has 0 saturated carbocycles. The molecule has 0 aromatic rings. The summed E-state index contributed by atoms with van der Waals surface area (Å²) in [6, 6.07) is 0. The number of aliphatic hydroxyl groups excluding tert-OH is 1. The molecule has 0 aliphatic heterocycles. The van der Waals surface area contributed by atoms with E-state index in [4.69, 9.17) is 10.2 Å². The summed E-state index contributed by atoms with van der Waals surface area (Å²) in [5.41, 5.74) is 0.816. The van der Waals surface area contributed by atoms with Gasteiger partial charge in [-0.15, -0.1) is 0 Å². The van der Waals surface area contributed by atoms with Gasteiger partial charge in [-0.3, -0.25) is 0 Å². The smallest absolute Gasteiger partial charge is 0.328 e. The number of carbonyl (C=O) groups is 1. The maximum Gasteiger partial charge on any atom is 0.328 e. The molecule has 0 unspecified atom stereocenters. The lowest BCUT2D eigenvalue weighted by molar-refractivity contribution is -0.131. The number of aliphatic carboxylic acids is 1. The second kappa shape index (κ2) is 6.24. The molecule has 0 atom stereocenters. The molecule has 0 aromatic carbocycles. The molecule has 0 aliphatic rings. The van der Waals surface area contributed by atoms with E-state index in [1.165, 1.54) is 17.8 Å². The van der Waals surface area contributed by atoms with Crippen molar-refractivity contribution in [1.82, 2.24) is 0 Å². The fourth-order valence-electron chi connectivity index (χ4n) is 0.550. The van der Waals surface area contributed by atoms with Gasteiger partial charge in [-0.2, -0.15) is 11.8 Å². The largest absolute Gasteiger partial charge is 0.478 e. The fraction of sp³-hybridized carbons (Fsp3) is 0.571. The summed E-state index contributed by atoms with van der Waals surface area (Å²) in [6.07, 6.45) is 1.18. The minimum Gasteiger partial charge on any atom is -0.478 e. The Morgan fingerprint density at radius 3 is 2.73 bits per heavy atom. The molecule has 0 radical (unpaired) electrons. The first-order valence-corrected chi connectivity index (χ1v) is 4.41. The van der Waals surface area contributed by atoms with Gasteiger partial charge in [0.05, 0.1) is 6.61 Å². The Kier molecular flexibility index (Phi) is 5.97. The normalized spacial score (nSPS) is 11.6. The molecule has 0 amide bonds. The molecule has 3 nitrogen and oxygen atoms in total. The van der Waals surface area contributed by atoms with Gasteiger partial charge in [0.2, 0.25) is 0 Å². The highest BCUT2D eigenvalue weighted by molar-refractivity contribution is 7.99. The summed E-state index contributed by atoms with van der Waals surface area (Å²) in [4.78, 5) is 10.1. The van der Waals surface area contributed by atoms with Crippen LogP contribution in [-0.2, 0) is 4.79 Å². The molecule has 11 heavy (non-hydrogen) atoms. The van der Waals surface area contributed by atoms with E-state index in [0.717, 1.165) is 5.57 Å². The summed E-state index contributed by atoms with van der Waals surface area (Å²) in [5, 5.41) is 16.7. The van der Waals surface area contributed by atoms with Gasteiger partial charge in [0, 0.05) is 17.6 Å². The van der Waals surface area contributed by atoms with Gasteiger partial charge in [0.15, 0.2) is 0 Å². The standard InChI is InChI=1S/C7H12O3S/c1-6(4-7(9)10)5-11-3-2-8/h4,8H,2-3,5H2,1H3,(H,9,10). The fourth-order valence-corrected chi connectivity index (χ4v) is 1.23. The summed E-state index contributed by atoms with van der Waals surface area (Å²) < 4.78 is 0. The molecule has 0 aromatic heterocycles. The van der Waals surface area contributed by atoms with Crippen molar-refractivity contribution in [3.05, 3.63) is 11.6 Å². The van der Waals surface area contributed by atoms with Gasteiger partial charge >= 0.3 is 5.97 Å². The van der Waals surface area contributed by atoms with E-state index >= 15 is 0 Å². The highest BCUT2D eigenvalue weighted by Crippen LogP contribution is 2.05. The minimum absolute atomic E-state index is 0.144. The van der Waals surface area contributed by atoms with Crippen molar-refractivity contribution >= 4 is 17.7 Å². The van der Waals surface area contributed by atoms with Crippen molar-refractivity contribution in [2.45, 2.75) is 6.92 Å². The molecule has 0 aliphatic carbocycles. The van der Waals surface area contributed by atoms with Crippen LogP contribution in [0.25, 0.3) is 0 Å². The lowest BCUT2D eigenvalue weighted by Gasteiger charge is -1.97. The zero-order valence-electron chi connectivity index (χ0n) is 6.41. The Morgan fingerprint density at radius 2 is 2.27 bits per heavy atom. The Bertz CT molecular complexity index is 154. The van der Waals surface area contributed by atoms with Crippen LogP contribution in [0.3, 0.4) is 0 Å². The molecular weight excluding hydrogens is 164 g/mol. The Morgan fingerprint density at radius 1 is 1.64 bits per heavy atom. The number of carboxylic acid groups (broad SMARTS) is 1. The summed E-state index contributed by atoms with van der Waals surface area (Å²) in [5.74, 6) is 0.421. The number of aliphatic hydroxyl groups is 1. The van der Waals surface area contributed by atoms with E-state index in [-0.39, 0.29) is 6.61 Å². The monoisotopic (exact) mass is 176 g/mol. The van der Waals surface area contributed by atoms with E-state index in [2.05, 4.69) is 0 Å². The van der Waals surface area contributed by atoms with Crippen LogP contribution in [0.5, 0.6) is 0 Å². The van der Waals surface area contributed by atoms with Gasteiger partial charge in [0.1, 0.15) is 0 Å². The summed E-state index contributed by atoms with van der Waals surface area (Å²) >= 11 is 1.52. The lowest BCUT2D eigenvalue weighted by Crippen LogP contribution is -1.94. The van der Waals surface area contributed by atoms with E-state index < -0.39 is 5.97 Å². The quantitative estimate of drug-likeness (QED) is 0.479. The SMILES string of the molecule is CC(=CC(=O)O)CSCCO. The Labute approximate surface area is 70.1 Å². The van der Waals surface area contributed by atoms with Crippen molar-refractivity contribution < 1.29 is 15.0 Å². The summed E-state index contributed by atoms with van der Waals surface area (Å²) in [7, 11) is 0. The third-order valence-electron chi connectivity index (χ3n) is 0.935. The van der Waals surface area contributed by atoms with Crippen LogP contribution in [0.15, 0.2) is 11.6 Å². The first-order valence-electron chi connectivity index (χ1n) is 3.25. The molecule has 0 heterocycles. The van der Waals surface area contributed by atoms with E-state index in [0.29, 0.717) is 11.5 Å². The van der Waals surface area contributed by atoms with Crippen LogP contribution in [0, 0.1) is 0 Å². The van der Waals surface area contributed by atoms with Crippen molar-refractivity contribution in [2.24, 2.45) is 0 Å². The maximum absolute atomic E-state index is 10.1. The number of rotatable bonds is 5. The number of carboxylic acids is 1. The topological polar surface area (TPSA) is 57.5 Å². The molecule has 2 N–H and O–H groups in total. The lowest BCUT2D eigenvalue weighted by atomic mass is 10.3. The van der Waals surface area contributed by atoms with Gasteiger partial charge in [-0.1, -0.05) is 5.57 Å². The zero-order chi connectivity index (χ0) is 8.69. The minimum atomic E-state index is -0.910. The van der Waals surface area contributed by atoms with Crippen molar-refractivity contribution in [3.63, 3.8) is 0 Å². The molecule has 0 spiro atoms. The highest BCUT2D eigenvalue weighted by atomic mass is 32.2. The third kappa shape index (κ3) is 7.42. The van der Waals surface area contributed by atoms with Gasteiger partial charge in [0.25, 0.3) is 0 Å². The first kappa shape index (κ1) is 10.5. The predicted molar refractivity (Wildman–Crippen MR) is 45.8 cm³/mol. The molecule has 0 fully saturated rings. The Hall–Kier alpha value is -0.480. The average Bonchev–Trinajstić information content (AvgIpc) is 1.86.